The Labute approximate surface area is 167 Å². The van der Waals surface area contributed by atoms with Crippen LogP contribution in [0.2, 0.25) is 0 Å². The van der Waals surface area contributed by atoms with Gasteiger partial charge in [0.25, 0.3) is 0 Å². The molecular weight excluding hydrogens is 358 g/mol. The van der Waals surface area contributed by atoms with Crippen LogP contribution in [0, 0.1) is 11.8 Å². The van der Waals surface area contributed by atoms with E-state index in [1.165, 1.54) is 7.11 Å². The molecule has 28 heavy (non-hydrogen) atoms. The van der Waals surface area contributed by atoms with Gasteiger partial charge in [-0.25, -0.2) is 4.79 Å². The highest BCUT2D eigenvalue weighted by Crippen LogP contribution is 2.30. The number of fused-ring (bicyclic) bond motifs is 3. The first kappa shape index (κ1) is 20.9. The fourth-order valence-corrected chi connectivity index (χ4v) is 4.27. The number of nitrogens with zero attached hydrogens (tertiary/aromatic N) is 2. The van der Waals surface area contributed by atoms with Gasteiger partial charge in [-0.3, -0.25) is 9.79 Å². The van der Waals surface area contributed by atoms with Gasteiger partial charge in [-0.15, -0.1) is 0 Å². The van der Waals surface area contributed by atoms with Gasteiger partial charge in [-0.2, -0.15) is 0 Å². The molecule has 0 radical (unpaired) electrons. The number of aliphatic imine (C=N–C) groups is 1. The molecule has 3 atom stereocenters. The Morgan fingerprint density at radius 2 is 1.96 bits per heavy atom. The number of rotatable bonds is 8. The van der Waals surface area contributed by atoms with Crippen molar-refractivity contribution in [1.82, 2.24) is 15.5 Å². The van der Waals surface area contributed by atoms with Gasteiger partial charge in [0.2, 0.25) is 5.91 Å². The third-order valence-electron chi connectivity index (χ3n) is 6.46. The smallest absolute Gasteiger partial charge is 0.407 e. The summed E-state index contributed by atoms with van der Waals surface area (Å²) in [6.45, 7) is 6.89. The number of amides is 2. The van der Waals surface area contributed by atoms with Crippen LogP contribution in [0.4, 0.5) is 4.79 Å². The molecular formula is C20H35N5O3. The van der Waals surface area contributed by atoms with Crippen molar-refractivity contribution >= 4 is 17.8 Å². The van der Waals surface area contributed by atoms with Crippen LogP contribution in [-0.4, -0.2) is 67.1 Å². The molecule has 0 spiro atoms. The lowest BCUT2D eigenvalue weighted by Gasteiger charge is -2.46. The SMILES string of the molecule is COC(=O)N[C@@](C)(CCC(C)N=C(N)C1CC1)C(=O)NC1CN2CCC1CC2. The van der Waals surface area contributed by atoms with Crippen molar-refractivity contribution in [3.63, 3.8) is 0 Å². The lowest BCUT2D eigenvalue weighted by Crippen LogP contribution is -2.63. The van der Waals surface area contributed by atoms with E-state index in [1.807, 2.05) is 6.92 Å². The first-order valence-electron chi connectivity index (χ1n) is 10.5. The van der Waals surface area contributed by atoms with E-state index >= 15 is 0 Å². The molecule has 3 saturated heterocycles. The normalized spacial score (nSPS) is 30.2. The number of hydrogen-bond donors (Lipinski definition) is 3. The van der Waals surface area contributed by atoms with E-state index < -0.39 is 11.6 Å². The van der Waals surface area contributed by atoms with Crippen molar-refractivity contribution in [2.24, 2.45) is 22.6 Å². The summed E-state index contributed by atoms with van der Waals surface area (Å²) in [5.41, 5.74) is 4.97. The molecule has 3 aliphatic heterocycles. The Morgan fingerprint density at radius 1 is 1.29 bits per heavy atom. The fourth-order valence-electron chi connectivity index (χ4n) is 4.27. The molecule has 8 nitrogen and oxygen atoms in total. The van der Waals surface area contributed by atoms with Gasteiger partial charge in [0.05, 0.1) is 12.9 Å². The Morgan fingerprint density at radius 3 is 2.50 bits per heavy atom. The van der Waals surface area contributed by atoms with E-state index in [0.717, 1.165) is 45.3 Å². The number of methoxy groups -OCH3 is 1. The third kappa shape index (κ3) is 5.16. The monoisotopic (exact) mass is 393 g/mol. The topological polar surface area (TPSA) is 109 Å². The Bertz CT molecular complexity index is 613. The second-order valence-corrected chi connectivity index (χ2v) is 8.88. The summed E-state index contributed by atoms with van der Waals surface area (Å²) in [4.78, 5) is 32.0. The van der Waals surface area contributed by atoms with Crippen molar-refractivity contribution in [3.8, 4) is 0 Å². The highest BCUT2D eigenvalue weighted by molar-refractivity contribution is 5.89. The van der Waals surface area contributed by atoms with Crippen LogP contribution in [0.3, 0.4) is 0 Å². The first-order valence-corrected chi connectivity index (χ1v) is 10.5. The second kappa shape index (κ2) is 8.68. The van der Waals surface area contributed by atoms with Crippen LogP contribution in [0.1, 0.15) is 52.4 Å². The zero-order valence-electron chi connectivity index (χ0n) is 17.4. The average Bonchev–Trinajstić information content (AvgIpc) is 3.52. The summed E-state index contributed by atoms with van der Waals surface area (Å²) in [6.07, 6.45) is 5.01. The molecule has 8 heteroatoms. The van der Waals surface area contributed by atoms with Gasteiger partial charge >= 0.3 is 6.09 Å². The second-order valence-electron chi connectivity index (χ2n) is 8.88. The van der Waals surface area contributed by atoms with Crippen LogP contribution in [0.25, 0.3) is 0 Å². The lowest BCUT2D eigenvalue weighted by atomic mass is 9.83. The molecule has 4 aliphatic rings. The molecule has 1 saturated carbocycles. The van der Waals surface area contributed by atoms with E-state index in [4.69, 9.17) is 10.5 Å². The van der Waals surface area contributed by atoms with E-state index in [1.54, 1.807) is 6.92 Å². The molecule has 3 heterocycles. The maximum absolute atomic E-state index is 13.2. The molecule has 0 aromatic rings. The molecule has 1 aliphatic carbocycles. The summed E-state index contributed by atoms with van der Waals surface area (Å²) in [6, 6.07) is 0.152. The summed E-state index contributed by atoms with van der Waals surface area (Å²) in [7, 11) is 1.31. The summed E-state index contributed by atoms with van der Waals surface area (Å²) >= 11 is 0. The Hall–Kier alpha value is -1.83. The molecule has 2 unspecified atom stereocenters. The number of nitrogens with two attached hydrogens (primary N) is 1. The minimum absolute atomic E-state index is 0.00368. The maximum Gasteiger partial charge on any atom is 0.407 e. The fraction of sp³-hybridized carbons (Fsp3) is 0.850. The maximum atomic E-state index is 13.2. The quantitative estimate of drug-likeness (QED) is 0.425. The zero-order chi connectivity index (χ0) is 20.3. The van der Waals surface area contributed by atoms with Gasteiger partial charge in [-0.05, 0) is 71.4 Å². The molecule has 158 valence electrons. The van der Waals surface area contributed by atoms with Crippen molar-refractivity contribution < 1.29 is 14.3 Å². The standard InChI is InChI=1S/C20H35N5O3/c1-13(22-17(21)15-4-5-15)6-9-20(2,24-19(27)28-3)18(26)23-16-12-25-10-7-14(16)8-11-25/h13-16H,4-12H2,1-3H3,(H2,21,22)(H,23,26)(H,24,27)/t13?,16?,20-/m0/s1. The summed E-state index contributed by atoms with van der Waals surface area (Å²) < 4.78 is 4.76. The number of piperidine rings is 3. The first-order chi connectivity index (χ1) is 13.3. The molecule has 0 aromatic carbocycles. The number of amidine groups is 1. The van der Waals surface area contributed by atoms with Gasteiger partial charge in [0.15, 0.2) is 0 Å². The molecule has 2 bridgehead atoms. The molecule has 4 rings (SSSR count). The molecule has 4 N–H and O–H groups in total. The Balaban J connectivity index is 1.61. The van der Waals surface area contributed by atoms with Crippen LogP contribution in [0.5, 0.6) is 0 Å². The number of ether oxygens (including phenoxy) is 1. The summed E-state index contributed by atoms with van der Waals surface area (Å²) in [5, 5.41) is 5.96. The lowest BCUT2D eigenvalue weighted by molar-refractivity contribution is -0.129. The third-order valence-corrected chi connectivity index (χ3v) is 6.46. The van der Waals surface area contributed by atoms with Crippen molar-refractivity contribution in [2.75, 3.05) is 26.7 Å². The van der Waals surface area contributed by atoms with Crippen LogP contribution in [-0.2, 0) is 9.53 Å². The highest BCUT2D eigenvalue weighted by Gasteiger charge is 2.40. The molecule has 2 amide bonds. The molecule has 0 aromatic heterocycles. The minimum Gasteiger partial charge on any atom is -0.453 e. The number of carbonyl (C=O) groups is 2. The van der Waals surface area contributed by atoms with Crippen molar-refractivity contribution in [3.05, 3.63) is 0 Å². The van der Waals surface area contributed by atoms with E-state index in [9.17, 15) is 9.59 Å². The number of hydrogen-bond acceptors (Lipinski definition) is 5. The van der Waals surface area contributed by atoms with Gasteiger partial charge in [0, 0.05) is 24.5 Å². The zero-order valence-corrected chi connectivity index (χ0v) is 17.4. The van der Waals surface area contributed by atoms with Gasteiger partial charge < -0.3 is 26.0 Å². The van der Waals surface area contributed by atoms with Gasteiger partial charge in [0.1, 0.15) is 5.54 Å². The van der Waals surface area contributed by atoms with E-state index in [0.29, 0.717) is 30.5 Å². The number of alkyl carbamates (subject to hydrolysis) is 1. The minimum atomic E-state index is -1.04. The average molecular weight is 394 g/mol. The Kier molecular flexibility index (Phi) is 6.47. The van der Waals surface area contributed by atoms with Crippen LogP contribution < -0.4 is 16.4 Å². The summed E-state index contributed by atoms with van der Waals surface area (Å²) in [5.74, 6) is 1.52. The van der Waals surface area contributed by atoms with E-state index in [-0.39, 0.29) is 18.0 Å². The predicted molar refractivity (Wildman–Crippen MR) is 108 cm³/mol. The largest absolute Gasteiger partial charge is 0.453 e. The van der Waals surface area contributed by atoms with E-state index in [2.05, 4.69) is 20.5 Å². The number of nitrogens with one attached hydrogen (secondary N) is 2. The predicted octanol–water partition coefficient (Wildman–Crippen LogP) is 1.25. The van der Waals surface area contributed by atoms with Crippen molar-refractivity contribution in [2.45, 2.75) is 70.0 Å². The molecule has 4 fully saturated rings. The van der Waals surface area contributed by atoms with Gasteiger partial charge in [-0.1, -0.05) is 0 Å². The van der Waals surface area contributed by atoms with Crippen molar-refractivity contribution in [1.29, 1.82) is 0 Å². The van der Waals surface area contributed by atoms with Crippen LogP contribution in [0.15, 0.2) is 4.99 Å². The highest BCUT2D eigenvalue weighted by atomic mass is 16.5. The van der Waals surface area contributed by atoms with Crippen LogP contribution >= 0.6 is 0 Å². The number of carbonyl (C=O) groups excluding carboxylic acids is 2.